The van der Waals surface area contributed by atoms with Gasteiger partial charge >= 0.3 is 5.97 Å². The van der Waals surface area contributed by atoms with Crippen molar-refractivity contribution in [1.29, 1.82) is 0 Å². The van der Waals surface area contributed by atoms with E-state index in [1.54, 1.807) is 6.20 Å². The monoisotopic (exact) mass is 251 g/mol. The lowest BCUT2D eigenvalue weighted by Gasteiger charge is -2.35. The molecule has 0 aliphatic carbocycles. The Kier molecular flexibility index (Phi) is 4.27. The van der Waals surface area contributed by atoms with Gasteiger partial charge in [-0.05, 0) is 12.3 Å². The molecule has 0 bridgehead atoms. The van der Waals surface area contributed by atoms with Crippen LogP contribution in [-0.4, -0.2) is 36.1 Å². The van der Waals surface area contributed by atoms with Crippen molar-refractivity contribution in [3.05, 3.63) is 18.1 Å². The number of hydrogen-bond donors (Lipinski definition) is 0. The maximum absolute atomic E-state index is 11.4. The summed E-state index contributed by atoms with van der Waals surface area (Å²) in [5.74, 6) is 0.196. The molecule has 1 unspecified atom stereocenters. The topological polar surface area (TPSA) is 55.3 Å². The molecule has 0 saturated carbocycles. The summed E-state index contributed by atoms with van der Waals surface area (Å²) in [6, 6.07) is 0.264. The predicted molar refractivity (Wildman–Crippen MR) is 70.7 cm³/mol. The van der Waals surface area contributed by atoms with Crippen LogP contribution in [0.3, 0.4) is 0 Å². The molecule has 1 atom stereocenters. The highest BCUT2D eigenvalue weighted by molar-refractivity contribution is 5.87. The van der Waals surface area contributed by atoms with Crippen LogP contribution < -0.4 is 4.90 Å². The second-order valence-corrected chi connectivity index (χ2v) is 5.41. The molecular weight excluding hydrogens is 230 g/mol. The summed E-state index contributed by atoms with van der Waals surface area (Å²) < 4.78 is 4.64. The molecule has 0 aliphatic rings. The van der Waals surface area contributed by atoms with E-state index in [1.807, 2.05) is 11.9 Å². The van der Waals surface area contributed by atoms with Gasteiger partial charge in [0, 0.05) is 13.1 Å². The summed E-state index contributed by atoms with van der Waals surface area (Å²) in [5.41, 5.74) is 0.334. The van der Waals surface area contributed by atoms with E-state index in [-0.39, 0.29) is 17.2 Å². The predicted octanol–water partition coefficient (Wildman–Crippen LogP) is 2.13. The minimum atomic E-state index is -0.471. The Morgan fingerprint density at radius 2 is 2.00 bits per heavy atom. The van der Waals surface area contributed by atoms with E-state index >= 15 is 0 Å². The first-order valence-corrected chi connectivity index (χ1v) is 5.90. The molecule has 100 valence electrons. The van der Waals surface area contributed by atoms with Gasteiger partial charge in [0.25, 0.3) is 0 Å². The molecule has 18 heavy (non-hydrogen) atoms. The molecule has 0 radical (unpaired) electrons. The van der Waals surface area contributed by atoms with Gasteiger partial charge in [-0.2, -0.15) is 0 Å². The molecule has 0 aliphatic heterocycles. The van der Waals surface area contributed by atoms with E-state index < -0.39 is 5.97 Å². The number of carbonyl (C=O) groups is 1. The first kappa shape index (κ1) is 14.4. The van der Waals surface area contributed by atoms with Gasteiger partial charge in [-0.15, -0.1) is 0 Å². The minimum absolute atomic E-state index is 0.109. The number of methoxy groups -OCH3 is 1. The lowest BCUT2D eigenvalue weighted by Crippen LogP contribution is -2.40. The lowest BCUT2D eigenvalue weighted by molar-refractivity contribution is 0.0593. The molecule has 0 aromatic carbocycles. The fraction of sp³-hybridized carbons (Fsp3) is 0.615. The van der Waals surface area contributed by atoms with Crippen molar-refractivity contribution in [3.63, 3.8) is 0 Å². The van der Waals surface area contributed by atoms with E-state index in [0.29, 0.717) is 5.82 Å². The van der Waals surface area contributed by atoms with E-state index in [9.17, 15) is 4.79 Å². The van der Waals surface area contributed by atoms with Crippen LogP contribution in [0, 0.1) is 5.41 Å². The van der Waals surface area contributed by atoms with E-state index in [0.717, 1.165) is 0 Å². The zero-order chi connectivity index (χ0) is 13.9. The van der Waals surface area contributed by atoms with E-state index in [2.05, 4.69) is 42.4 Å². The van der Waals surface area contributed by atoms with Crippen LogP contribution in [-0.2, 0) is 4.74 Å². The molecule has 1 rings (SSSR count). The Hall–Kier alpha value is -1.65. The number of hydrogen-bond acceptors (Lipinski definition) is 5. The second kappa shape index (κ2) is 5.33. The highest BCUT2D eigenvalue weighted by atomic mass is 16.5. The molecule has 1 aromatic heterocycles. The van der Waals surface area contributed by atoms with Crippen molar-refractivity contribution in [2.24, 2.45) is 5.41 Å². The highest BCUT2D eigenvalue weighted by Crippen LogP contribution is 2.25. The van der Waals surface area contributed by atoms with E-state index in [4.69, 9.17) is 0 Å². The Morgan fingerprint density at radius 3 is 2.50 bits per heavy atom. The zero-order valence-electron chi connectivity index (χ0n) is 11.9. The molecule has 1 heterocycles. The summed E-state index contributed by atoms with van der Waals surface area (Å²) in [4.78, 5) is 21.7. The number of nitrogens with zero attached hydrogens (tertiary/aromatic N) is 3. The first-order chi connectivity index (χ1) is 8.27. The summed E-state index contributed by atoms with van der Waals surface area (Å²) in [6.45, 7) is 8.59. The molecule has 0 N–H and O–H groups in total. The first-order valence-electron chi connectivity index (χ1n) is 5.90. The summed E-state index contributed by atoms with van der Waals surface area (Å²) in [7, 11) is 3.28. The molecule has 0 spiro atoms. The SMILES string of the molecule is COC(=O)c1cncc(N(C)C(C)C(C)(C)C)n1. The van der Waals surface area contributed by atoms with Crippen LogP contribution in [0.15, 0.2) is 12.4 Å². The van der Waals surface area contributed by atoms with E-state index in [1.165, 1.54) is 13.3 Å². The third-order valence-corrected chi connectivity index (χ3v) is 3.21. The van der Waals surface area contributed by atoms with Gasteiger partial charge in [0.1, 0.15) is 5.82 Å². The van der Waals surface area contributed by atoms with Gasteiger partial charge in [-0.3, -0.25) is 4.98 Å². The third kappa shape index (κ3) is 3.18. The van der Waals surface area contributed by atoms with Crippen LogP contribution in [0.4, 0.5) is 5.82 Å². The van der Waals surface area contributed by atoms with Crippen molar-refractivity contribution < 1.29 is 9.53 Å². The van der Waals surface area contributed by atoms with Crippen molar-refractivity contribution in [2.45, 2.75) is 33.7 Å². The van der Waals surface area contributed by atoms with Gasteiger partial charge in [-0.25, -0.2) is 9.78 Å². The molecule has 0 fully saturated rings. The van der Waals surface area contributed by atoms with Crippen LogP contribution in [0.2, 0.25) is 0 Å². The molecular formula is C13H21N3O2. The van der Waals surface area contributed by atoms with Crippen molar-refractivity contribution in [2.75, 3.05) is 19.1 Å². The summed E-state index contributed by atoms with van der Waals surface area (Å²) in [6.07, 6.45) is 3.06. The normalized spacial score (nSPS) is 13.0. The number of carbonyl (C=O) groups excluding carboxylic acids is 1. The average molecular weight is 251 g/mol. The summed E-state index contributed by atoms with van der Waals surface area (Å²) in [5, 5.41) is 0. The Balaban J connectivity index is 3.00. The molecule has 0 saturated heterocycles. The largest absolute Gasteiger partial charge is 0.464 e. The minimum Gasteiger partial charge on any atom is -0.464 e. The Bertz CT molecular complexity index is 426. The summed E-state index contributed by atoms with van der Waals surface area (Å²) >= 11 is 0. The van der Waals surface area contributed by atoms with Gasteiger partial charge in [-0.1, -0.05) is 20.8 Å². The van der Waals surface area contributed by atoms with Crippen molar-refractivity contribution in [1.82, 2.24) is 9.97 Å². The maximum atomic E-state index is 11.4. The molecule has 1 aromatic rings. The average Bonchev–Trinajstić information content (AvgIpc) is 2.35. The van der Waals surface area contributed by atoms with Crippen LogP contribution >= 0.6 is 0 Å². The molecule has 5 nitrogen and oxygen atoms in total. The van der Waals surface area contributed by atoms with Crippen LogP contribution in [0.1, 0.15) is 38.2 Å². The molecule has 5 heteroatoms. The Labute approximate surface area is 108 Å². The fourth-order valence-electron chi connectivity index (χ4n) is 1.51. The number of ether oxygens (including phenoxy) is 1. The van der Waals surface area contributed by atoms with Crippen molar-refractivity contribution in [3.8, 4) is 0 Å². The van der Waals surface area contributed by atoms with Gasteiger partial charge < -0.3 is 9.64 Å². The highest BCUT2D eigenvalue weighted by Gasteiger charge is 2.25. The van der Waals surface area contributed by atoms with Gasteiger partial charge in [0.15, 0.2) is 5.69 Å². The van der Waals surface area contributed by atoms with Crippen LogP contribution in [0.25, 0.3) is 0 Å². The zero-order valence-corrected chi connectivity index (χ0v) is 11.9. The van der Waals surface area contributed by atoms with Gasteiger partial charge in [0.2, 0.25) is 0 Å². The lowest BCUT2D eigenvalue weighted by atomic mass is 9.87. The fourth-order valence-corrected chi connectivity index (χ4v) is 1.51. The maximum Gasteiger partial charge on any atom is 0.358 e. The quantitative estimate of drug-likeness (QED) is 0.770. The Morgan fingerprint density at radius 1 is 1.39 bits per heavy atom. The third-order valence-electron chi connectivity index (χ3n) is 3.21. The second-order valence-electron chi connectivity index (χ2n) is 5.41. The number of esters is 1. The smallest absolute Gasteiger partial charge is 0.358 e. The standard InChI is InChI=1S/C13H21N3O2/c1-9(13(2,3)4)16(5)11-8-14-7-10(15-11)12(17)18-6/h7-9H,1-6H3. The van der Waals surface area contributed by atoms with Crippen molar-refractivity contribution >= 4 is 11.8 Å². The number of aromatic nitrogens is 2. The van der Waals surface area contributed by atoms with Crippen LogP contribution in [0.5, 0.6) is 0 Å². The number of rotatable bonds is 3. The van der Waals surface area contributed by atoms with Gasteiger partial charge in [0.05, 0.1) is 19.5 Å². The number of anilines is 1. The molecule has 0 amide bonds.